The first-order valence-electron chi connectivity index (χ1n) is 7.53. The van der Waals surface area contributed by atoms with Gasteiger partial charge in [0.25, 0.3) is 5.69 Å². The lowest BCUT2D eigenvalue weighted by Crippen LogP contribution is -2.36. The summed E-state index contributed by atoms with van der Waals surface area (Å²) >= 11 is 0. The Morgan fingerprint density at radius 3 is 2.38 bits per heavy atom. The number of non-ortho nitro benzene ring substituents is 1. The van der Waals surface area contributed by atoms with E-state index >= 15 is 0 Å². The lowest BCUT2D eigenvalue weighted by Gasteiger charge is -2.40. The van der Waals surface area contributed by atoms with Crippen LogP contribution in [0.1, 0.15) is 44.1 Å². The van der Waals surface area contributed by atoms with Crippen molar-refractivity contribution in [1.29, 1.82) is 0 Å². The summed E-state index contributed by atoms with van der Waals surface area (Å²) < 4.78 is 0. The maximum atomic E-state index is 11.8. The van der Waals surface area contributed by atoms with Gasteiger partial charge in [-0.1, -0.05) is 24.3 Å². The molecule has 0 radical (unpaired) electrons. The number of hydrogen-bond acceptors (Lipinski definition) is 3. The van der Waals surface area contributed by atoms with Gasteiger partial charge in [0.1, 0.15) is 5.78 Å². The molecule has 110 valence electrons. The molecule has 1 atom stereocenters. The molecule has 0 N–H and O–H groups in total. The van der Waals surface area contributed by atoms with Gasteiger partial charge in [-0.2, -0.15) is 0 Å². The van der Waals surface area contributed by atoms with Crippen molar-refractivity contribution in [3.8, 4) is 0 Å². The number of ketones is 1. The zero-order valence-corrected chi connectivity index (χ0v) is 12.0. The van der Waals surface area contributed by atoms with Crippen LogP contribution in [0.2, 0.25) is 0 Å². The first-order valence-corrected chi connectivity index (χ1v) is 7.53. The van der Waals surface area contributed by atoms with Crippen LogP contribution in [-0.4, -0.2) is 10.7 Å². The Morgan fingerprint density at radius 2 is 1.81 bits per heavy atom. The molecule has 0 heterocycles. The van der Waals surface area contributed by atoms with E-state index in [0.717, 1.165) is 31.2 Å². The highest BCUT2D eigenvalue weighted by Gasteiger charge is 2.42. The Bertz CT molecular complexity index is 581. The number of nitro groups is 1. The second-order valence-corrected chi connectivity index (χ2v) is 6.17. The zero-order chi connectivity index (χ0) is 14.9. The third kappa shape index (κ3) is 2.50. The molecule has 0 aromatic heterocycles. The Balaban J connectivity index is 1.93. The standard InChI is InChI=1S/C17H19NO3/c19-16-5-3-4-14(12-16)17(10-1-2-11-17)13-6-8-15(9-7-13)18(20)21/h1-2,6-9,14H,3-5,10-12H2. The van der Waals surface area contributed by atoms with Crippen LogP contribution in [0.4, 0.5) is 5.69 Å². The van der Waals surface area contributed by atoms with Gasteiger partial charge >= 0.3 is 0 Å². The minimum absolute atomic E-state index is 0.0365. The number of nitrogens with zero attached hydrogens (tertiary/aromatic N) is 1. The molecular weight excluding hydrogens is 266 g/mol. The van der Waals surface area contributed by atoms with Crippen LogP contribution >= 0.6 is 0 Å². The molecule has 2 aliphatic rings. The van der Waals surface area contributed by atoms with E-state index in [-0.39, 0.29) is 16.0 Å². The van der Waals surface area contributed by atoms with Crippen LogP contribution in [-0.2, 0) is 10.2 Å². The highest BCUT2D eigenvalue weighted by molar-refractivity contribution is 5.79. The summed E-state index contributed by atoms with van der Waals surface area (Å²) in [6, 6.07) is 6.93. The van der Waals surface area contributed by atoms with Crippen molar-refractivity contribution in [2.75, 3.05) is 0 Å². The maximum Gasteiger partial charge on any atom is 0.269 e. The van der Waals surface area contributed by atoms with Gasteiger partial charge < -0.3 is 0 Å². The molecule has 0 bridgehead atoms. The van der Waals surface area contributed by atoms with E-state index in [2.05, 4.69) is 12.2 Å². The first-order chi connectivity index (χ1) is 10.1. The molecule has 1 unspecified atom stereocenters. The van der Waals surface area contributed by atoms with Crippen LogP contribution in [0.5, 0.6) is 0 Å². The fourth-order valence-electron chi connectivity index (χ4n) is 3.89. The van der Waals surface area contributed by atoms with E-state index in [4.69, 9.17) is 0 Å². The summed E-state index contributed by atoms with van der Waals surface area (Å²) in [5.74, 6) is 0.717. The second kappa shape index (κ2) is 5.43. The van der Waals surface area contributed by atoms with Gasteiger partial charge in [-0.3, -0.25) is 14.9 Å². The number of hydrogen-bond donors (Lipinski definition) is 0. The van der Waals surface area contributed by atoms with Gasteiger partial charge in [0, 0.05) is 30.4 Å². The Morgan fingerprint density at radius 1 is 1.14 bits per heavy atom. The van der Waals surface area contributed by atoms with E-state index in [1.165, 1.54) is 0 Å². The molecule has 0 aliphatic heterocycles. The Kier molecular flexibility index (Phi) is 3.62. The summed E-state index contributed by atoms with van der Waals surface area (Å²) in [4.78, 5) is 22.3. The smallest absolute Gasteiger partial charge is 0.269 e. The largest absolute Gasteiger partial charge is 0.300 e. The van der Waals surface area contributed by atoms with E-state index < -0.39 is 0 Å². The van der Waals surface area contributed by atoms with Crippen LogP contribution in [0.25, 0.3) is 0 Å². The molecule has 0 spiro atoms. The van der Waals surface area contributed by atoms with Crippen LogP contribution in [0, 0.1) is 16.0 Å². The zero-order valence-electron chi connectivity index (χ0n) is 12.0. The summed E-state index contributed by atoms with van der Waals surface area (Å²) in [5, 5.41) is 10.8. The third-order valence-electron chi connectivity index (χ3n) is 5.05. The van der Waals surface area contributed by atoms with Gasteiger partial charge in [-0.25, -0.2) is 0 Å². The third-order valence-corrected chi connectivity index (χ3v) is 5.05. The molecule has 4 heteroatoms. The minimum atomic E-state index is -0.368. The van der Waals surface area contributed by atoms with Gasteiger partial charge in [0.05, 0.1) is 4.92 Å². The van der Waals surface area contributed by atoms with Gasteiger partial charge in [0.2, 0.25) is 0 Å². The predicted molar refractivity (Wildman–Crippen MR) is 80.1 cm³/mol. The summed E-state index contributed by atoms with van der Waals surface area (Å²) in [7, 11) is 0. The fourth-order valence-corrected chi connectivity index (χ4v) is 3.89. The van der Waals surface area contributed by atoms with E-state index in [1.54, 1.807) is 12.1 Å². The monoisotopic (exact) mass is 285 g/mol. The van der Waals surface area contributed by atoms with Crippen LogP contribution in [0.15, 0.2) is 36.4 Å². The topological polar surface area (TPSA) is 60.2 Å². The Labute approximate surface area is 124 Å². The van der Waals surface area contributed by atoms with Crippen molar-refractivity contribution in [2.45, 2.75) is 43.9 Å². The number of carbonyl (C=O) groups is 1. The average Bonchev–Trinajstić information content (AvgIpc) is 2.98. The normalized spacial score (nSPS) is 24.2. The van der Waals surface area contributed by atoms with Gasteiger partial charge in [-0.15, -0.1) is 0 Å². The van der Waals surface area contributed by atoms with Crippen LogP contribution in [0.3, 0.4) is 0 Å². The molecule has 1 aromatic carbocycles. The highest BCUT2D eigenvalue weighted by atomic mass is 16.6. The average molecular weight is 285 g/mol. The lowest BCUT2D eigenvalue weighted by molar-refractivity contribution is -0.384. The highest BCUT2D eigenvalue weighted by Crippen LogP contribution is 2.48. The SMILES string of the molecule is O=C1CCCC(C2(c3ccc([N+](=O)[O-])cc3)CC=CC2)C1. The van der Waals surface area contributed by atoms with Crippen molar-refractivity contribution in [3.63, 3.8) is 0 Å². The first kappa shape index (κ1) is 14.0. The number of allylic oxidation sites excluding steroid dienone is 2. The van der Waals surface area contributed by atoms with Crippen molar-refractivity contribution < 1.29 is 9.72 Å². The maximum absolute atomic E-state index is 11.8. The molecule has 0 amide bonds. The predicted octanol–water partition coefficient (Wildman–Crippen LogP) is 3.94. The number of Topliss-reactive ketones (excluding diaryl/α,β-unsaturated/α-hetero) is 1. The molecule has 0 saturated heterocycles. The fraction of sp³-hybridized carbons (Fsp3) is 0.471. The number of rotatable bonds is 3. The van der Waals surface area contributed by atoms with E-state index in [0.29, 0.717) is 24.5 Å². The van der Waals surface area contributed by atoms with Crippen molar-refractivity contribution in [1.82, 2.24) is 0 Å². The molecule has 1 saturated carbocycles. The quantitative estimate of drug-likeness (QED) is 0.480. The summed E-state index contributed by atoms with van der Waals surface area (Å²) in [6.45, 7) is 0. The molecule has 1 fully saturated rings. The van der Waals surface area contributed by atoms with Gasteiger partial charge in [0.15, 0.2) is 0 Å². The van der Waals surface area contributed by atoms with Crippen molar-refractivity contribution in [3.05, 3.63) is 52.1 Å². The van der Waals surface area contributed by atoms with Crippen molar-refractivity contribution in [2.24, 2.45) is 5.92 Å². The molecular formula is C17H19NO3. The molecule has 2 aliphatic carbocycles. The molecule has 21 heavy (non-hydrogen) atoms. The summed E-state index contributed by atoms with van der Waals surface area (Å²) in [6.07, 6.45) is 9.63. The minimum Gasteiger partial charge on any atom is -0.300 e. The summed E-state index contributed by atoms with van der Waals surface area (Å²) in [5.41, 5.74) is 1.22. The lowest BCUT2D eigenvalue weighted by atomic mass is 9.63. The van der Waals surface area contributed by atoms with Crippen LogP contribution < -0.4 is 0 Å². The van der Waals surface area contributed by atoms with E-state index in [9.17, 15) is 14.9 Å². The second-order valence-electron chi connectivity index (χ2n) is 6.17. The van der Waals surface area contributed by atoms with Crippen molar-refractivity contribution >= 4 is 11.5 Å². The number of nitro benzene ring substituents is 1. The van der Waals surface area contributed by atoms with E-state index in [1.807, 2.05) is 12.1 Å². The molecule has 3 rings (SSSR count). The number of carbonyl (C=O) groups excluding carboxylic acids is 1. The Hall–Kier alpha value is -1.97. The molecule has 4 nitrogen and oxygen atoms in total. The molecule has 1 aromatic rings. The van der Waals surface area contributed by atoms with Gasteiger partial charge in [-0.05, 0) is 37.2 Å². The number of benzene rings is 1.